The monoisotopic (exact) mass is 653 g/mol. The van der Waals surface area contributed by atoms with E-state index in [0.29, 0.717) is 22.4 Å². The molecule has 0 radical (unpaired) electrons. The van der Waals surface area contributed by atoms with E-state index in [9.17, 15) is 18.3 Å². The minimum atomic E-state index is -4.76. The van der Waals surface area contributed by atoms with E-state index in [2.05, 4.69) is 62.4 Å². The SMILES string of the molecule is Cc1ccc(C(C)C)c(N2C(=NC(=S)N/N=C/c3ccc(-c4ncn(-c5ccc(OC(F)(F)F)cc5)n4)cc3)SCC2(C)O)c1. The lowest BCUT2D eigenvalue weighted by molar-refractivity contribution is -0.274. The van der Waals surface area contributed by atoms with E-state index in [1.54, 1.807) is 13.1 Å². The molecule has 1 aliphatic heterocycles. The number of amidine groups is 1. The van der Waals surface area contributed by atoms with Gasteiger partial charge in [0.15, 0.2) is 16.7 Å². The second-order valence-electron chi connectivity index (χ2n) is 10.8. The van der Waals surface area contributed by atoms with Crippen molar-refractivity contribution in [3.8, 4) is 22.8 Å². The molecule has 5 rings (SSSR count). The third kappa shape index (κ3) is 7.88. The molecule has 1 fully saturated rings. The summed E-state index contributed by atoms with van der Waals surface area (Å²) in [6, 6.07) is 18.8. The number of thiocarbonyl (C=S) groups is 1. The summed E-state index contributed by atoms with van der Waals surface area (Å²) in [6.07, 6.45) is -1.68. The molecule has 0 saturated carbocycles. The number of rotatable bonds is 7. The highest BCUT2D eigenvalue weighted by Gasteiger charge is 2.41. The van der Waals surface area contributed by atoms with Crippen LogP contribution in [0.25, 0.3) is 17.1 Å². The van der Waals surface area contributed by atoms with Gasteiger partial charge in [0.05, 0.1) is 11.9 Å². The number of aliphatic hydroxyl groups is 1. The highest BCUT2D eigenvalue weighted by molar-refractivity contribution is 8.14. The zero-order valence-electron chi connectivity index (χ0n) is 24.8. The normalized spacial score (nSPS) is 17.9. The summed E-state index contributed by atoms with van der Waals surface area (Å²) in [4.78, 5) is 10.7. The number of anilines is 1. The Hall–Kier alpha value is -4.27. The van der Waals surface area contributed by atoms with Crippen LogP contribution >= 0.6 is 24.0 Å². The van der Waals surface area contributed by atoms with E-state index < -0.39 is 12.1 Å². The molecule has 1 saturated heterocycles. The smallest absolute Gasteiger partial charge is 0.406 e. The van der Waals surface area contributed by atoms with E-state index >= 15 is 0 Å². The van der Waals surface area contributed by atoms with Crippen molar-refractivity contribution in [3.05, 3.63) is 89.7 Å². The number of benzene rings is 3. The van der Waals surface area contributed by atoms with Crippen molar-refractivity contribution in [2.75, 3.05) is 10.7 Å². The van der Waals surface area contributed by atoms with Crippen molar-refractivity contribution in [3.63, 3.8) is 0 Å². The van der Waals surface area contributed by atoms with Crippen LogP contribution in [0.15, 0.2) is 83.2 Å². The van der Waals surface area contributed by atoms with Crippen molar-refractivity contribution in [2.24, 2.45) is 10.1 Å². The quantitative estimate of drug-likeness (QED) is 0.128. The van der Waals surface area contributed by atoms with E-state index in [-0.39, 0.29) is 16.8 Å². The van der Waals surface area contributed by atoms with Crippen LogP contribution in [0.1, 0.15) is 43.4 Å². The van der Waals surface area contributed by atoms with Crippen LogP contribution in [0.5, 0.6) is 5.75 Å². The molecule has 2 N–H and O–H groups in total. The van der Waals surface area contributed by atoms with Gasteiger partial charge in [0.25, 0.3) is 0 Å². The Morgan fingerprint density at radius 2 is 1.84 bits per heavy atom. The summed E-state index contributed by atoms with van der Waals surface area (Å²) < 4.78 is 42.6. The Labute approximate surface area is 267 Å². The molecule has 0 bridgehead atoms. The van der Waals surface area contributed by atoms with E-state index in [4.69, 9.17) is 12.2 Å². The fourth-order valence-electron chi connectivity index (χ4n) is 4.63. The molecule has 1 unspecified atom stereocenters. The first-order valence-corrected chi connectivity index (χ1v) is 15.2. The molecular weight excluding hydrogens is 624 g/mol. The van der Waals surface area contributed by atoms with Gasteiger partial charge in [0.1, 0.15) is 12.1 Å². The molecule has 9 nitrogen and oxygen atoms in total. The van der Waals surface area contributed by atoms with Gasteiger partial charge in [-0.1, -0.05) is 62.0 Å². The van der Waals surface area contributed by atoms with Gasteiger partial charge in [-0.2, -0.15) is 10.1 Å². The lowest BCUT2D eigenvalue weighted by Gasteiger charge is -2.33. The number of nitrogens with one attached hydrogen (secondary N) is 1. The molecule has 4 aromatic rings. The number of nitrogens with zero attached hydrogens (tertiary/aromatic N) is 6. The van der Waals surface area contributed by atoms with Crippen molar-refractivity contribution < 1.29 is 23.0 Å². The van der Waals surface area contributed by atoms with Gasteiger partial charge in [-0.25, -0.2) is 9.67 Å². The maximum Gasteiger partial charge on any atom is 0.573 e. The highest BCUT2D eigenvalue weighted by Crippen LogP contribution is 2.40. The molecule has 1 atom stereocenters. The van der Waals surface area contributed by atoms with E-state index in [1.165, 1.54) is 47.0 Å². The first kappa shape index (κ1) is 32.1. The molecule has 234 valence electrons. The van der Waals surface area contributed by atoms with Gasteiger partial charge in [0.2, 0.25) is 5.11 Å². The lowest BCUT2D eigenvalue weighted by Crippen LogP contribution is -2.46. The molecule has 0 spiro atoms. The second kappa shape index (κ2) is 13.0. The Kier molecular flexibility index (Phi) is 9.28. The van der Waals surface area contributed by atoms with E-state index in [1.807, 2.05) is 36.1 Å². The predicted molar refractivity (Wildman–Crippen MR) is 175 cm³/mol. The molecular formula is C31H30F3N7O2S2. The van der Waals surface area contributed by atoms with Crippen LogP contribution in [0.2, 0.25) is 0 Å². The topological polar surface area (TPSA) is 100 Å². The van der Waals surface area contributed by atoms with Crippen molar-refractivity contribution in [2.45, 2.75) is 45.7 Å². The lowest BCUT2D eigenvalue weighted by atomic mass is 9.98. The standard InChI is InChI=1S/C31H30F3N7O2S2/c1-19(2)25-14-5-20(3)15-26(25)41-29(45-17-30(41,4)42)37-28(44)38-36-16-21-6-8-22(9-7-21)27-35-18-40(39-27)23-10-12-24(13-11-23)43-31(32,33)34/h5-16,18-19,42H,17H2,1-4H3,(H,38,44)/b36-16+,37-29?. The number of thioether (sulfide) groups is 1. The first-order valence-electron chi connectivity index (χ1n) is 13.8. The average molecular weight is 654 g/mol. The molecule has 1 aromatic heterocycles. The number of hydrogen-bond acceptors (Lipinski definition) is 7. The zero-order chi connectivity index (χ0) is 32.4. The third-order valence-corrected chi connectivity index (χ3v) is 8.17. The van der Waals surface area contributed by atoms with Gasteiger partial charge in [-0.05, 0) is 79.0 Å². The predicted octanol–water partition coefficient (Wildman–Crippen LogP) is 6.79. The Bertz CT molecular complexity index is 1740. The van der Waals surface area contributed by atoms with Crippen LogP contribution in [0, 0.1) is 6.92 Å². The molecule has 2 heterocycles. The molecule has 0 aliphatic carbocycles. The number of aromatic nitrogens is 3. The Morgan fingerprint density at radius 3 is 2.51 bits per heavy atom. The maximum absolute atomic E-state index is 12.4. The fourth-order valence-corrected chi connectivity index (χ4v) is 5.94. The Morgan fingerprint density at radius 1 is 1.13 bits per heavy atom. The van der Waals surface area contributed by atoms with Gasteiger partial charge in [0, 0.05) is 17.0 Å². The van der Waals surface area contributed by atoms with Crippen molar-refractivity contribution >= 4 is 46.2 Å². The van der Waals surface area contributed by atoms with Crippen LogP contribution in [-0.4, -0.2) is 54.2 Å². The largest absolute Gasteiger partial charge is 0.573 e. The summed E-state index contributed by atoms with van der Waals surface area (Å²) in [5.74, 6) is 0.805. The number of halogens is 3. The van der Waals surface area contributed by atoms with Crippen LogP contribution in [0.3, 0.4) is 0 Å². The number of ether oxygens (including phenoxy) is 1. The van der Waals surface area contributed by atoms with Gasteiger partial charge >= 0.3 is 6.36 Å². The number of aliphatic imine (C=N–C) groups is 1. The zero-order valence-corrected chi connectivity index (χ0v) is 26.4. The van der Waals surface area contributed by atoms with Crippen LogP contribution < -0.4 is 15.1 Å². The van der Waals surface area contributed by atoms with Crippen LogP contribution in [0.4, 0.5) is 18.9 Å². The summed E-state index contributed by atoms with van der Waals surface area (Å²) in [7, 11) is 0. The summed E-state index contributed by atoms with van der Waals surface area (Å²) in [5, 5.41) is 20.6. The van der Waals surface area contributed by atoms with Gasteiger partial charge in [-0.3, -0.25) is 10.3 Å². The van der Waals surface area contributed by atoms with Gasteiger partial charge in [-0.15, -0.1) is 18.3 Å². The first-order chi connectivity index (χ1) is 21.3. The highest BCUT2D eigenvalue weighted by atomic mass is 32.2. The minimum Gasteiger partial charge on any atom is -0.406 e. The van der Waals surface area contributed by atoms with Gasteiger partial charge < -0.3 is 9.84 Å². The maximum atomic E-state index is 12.4. The average Bonchev–Trinajstić information content (AvgIpc) is 3.57. The summed E-state index contributed by atoms with van der Waals surface area (Å²) in [6.45, 7) is 8.01. The molecule has 0 amide bonds. The van der Waals surface area contributed by atoms with Crippen molar-refractivity contribution in [1.29, 1.82) is 0 Å². The Balaban J connectivity index is 1.23. The van der Waals surface area contributed by atoms with Crippen LogP contribution in [-0.2, 0) is 0 Å². The summed E-state index contributed by atoms with van der Waals surface area (Å²) >= 11 is 6.87. The molecule has 45 heavy (non-hydrogen) atoms. The second-order valence-corrected chi connectivity index (χ2v) is 12.1. The number of aryl methyl sites for hydroxylation is 1. The fraction of sp³-hybridized carbons (Fsp3) is 0.258. The number of alkyl halides is 3. The summed E-state index contributed by atoms with van der Waals surface area (Å²) in [5.41, 5.74) is 6.77. The number of hydrazone groups is 1. The van der Waals surface area contributed by atoms with E-state index in [0.717, 1.165) is 27.9 Å². The number of hydrogen-bond donors (Lipinski definition) is 2. The molecule has 3 aromatic carbocycles. The molecule has 14 heteroatoms. The third-order valence-electron chi connectivity index (χ3n) is 6.76. The molecule has 1 aliphatic rings. The minimum absolute atomic E-state index is 0.152. The van der Waals surface area contributed by atoms with Crippen molar-refractivity contribution in [1.82, 2.24) is 20.2 Å².